The van der Waals surface area contributed by atoms with Crippen LogP contribution in [0.2, 0.25) is 0 Å². The van der Waals surface area contributed by atoms with Gasteiger partial charge in [0, 0.05) is 15.0 Å². The first-order valence-corrected chi connectivity index (χ1v) is 9.16. The number of thiophene rings is 2. The minimum atomic E-state index is 1.20. The minimum Gasteiger partial charge on any atom is -0.134 e. The Kier molecular flexibility index (Phi) is 5.38. The van der Waals surface area contributed by atoms with Crippen LogP contribution in [0, 0.1) is 0 Å². The zero-order valence-electron chi connectivity index (χ0n) is 12.7. The second-order valence-electron chi connectivity index (χ2n) is 4.14. The summed E-state index contributed by atoms with van der Waals surface area (Å²) >= 11 is 3.92. The molecule has 0 atom stereocenters. The Bertz CT molecular complexity index is 714. The van der Waals surface area contributed by atoms with Crippen molar-refractivity contribution in [1.82, 2.24) is 0 Å². The lowest BCUT2D eigenvalue weighted by Crippen LogP contribution is -1.87. The Morgan fingerprint density at radius 1 is 0.900 bits per heavy atom. The molecule has 1 aliphatic rings. The second kappa shape index (κ2) is 7.05. The highest BCUT2D eigenvalue weighted by Gasteiger charge is 2.16. The van der Waals surface area contributed by atoms with Crippen LogP contribution in [-0.2, 0) is 6.42 Å². The van der Waals surface area contributed by atoms with Crippen molar-refractivity contribution in [1.29, 1.82) is 0 Å². The highest BCUT2D eigenvalue weighted by molar-refractivity contribution is 7.33. The predicted molar refractivity (Wildman–Crippen MR) is 97.3 cm³/mol. The third-order valence-corrected chi connectivity index (χ3v) is 5.75. The first-order valence-electron chi connectivity index (χ1n) is 7.53. The van der Waals surface area contributed by atoms with Crippen LogP contribution < -0.4 is 0 Å². The molecule has 0 fully saturated rings. The maximum Gasteiger partial charge on any atom is 0.0538 e. The van der Waals surface area contributed by atoms with Gasteiger partial charge < -0.3 is 0 Å². The Morgan fingerprint density at radius 2 is 1.65 bits per heavy atom. The summed E-state index contributed by atoms with van der Waals surface area (Å²) in [5, 5.41) is 1.44. The molecule has 2 heteroatoms. The first-order chi connectivity index (χ1) is 9.93. The molecule has 0 N–H and O–H groups in total. The van der Waals surface area contributed by atoms with Crippen LogP contribution in [-0.4, -0.2) is 0 Å². The lowest BCUT2D eigenvalue weighted by Gasteiger charge is -2.02. The average Bonchev–Trinajstić information content (AvgIpc) is 3.07. The SMILES string of the molecule is C1=Cc2sc3c(sc4ccccc43)c2CC1.CC.CC. The summed E-state index contributed by atoms with van der Waals surface area (Å²) in [5.74, 6) is 0. The maximum absolute atomic E-state index is 2.30. The van der Waals surface area contributed by atoms with Crippen molar-refractivity contribution >= 4 is 48.2 Å². The lowest BCUT2D eigenvalue weighted by molar-refractivity contribution is 1.01. The van der Waals surface area contributed by atoms with Crippen molar-refractivity contribution in [3.8, 4) is 0 Å². The largest absolute Gasteiger partial charge is 0.134 e. The van der Waals surface area contributed by atoms with E-state index in [1.54, 1.807) is 5.56 Å². The monoisotopic (exact) mass is 302 g/mol. The van der Waals surface area contributed by atoms with Gasteiger partial charge in [-0.1, -0.05) is 52.0 Å². The summed E-state index contributed by atoms with van der Waals surface area (Å²) in [6, 6.07) is 8.76. The highest BCUT2D eigenvalue weighted by Crippen LogP contribution is 2.44. The van der Waals surface area contributed by atoms with E-state index in [1.165, 1.54) is 37.2 Å². The van der Waals surface area contributed by atoms with E-state index < -0.39 is 0 Å². The van der Waals surface area contributed by atoms with E-state index >= 15 is 0 Å². The van der Waals surface area contributed by atoms with Gasteiger partial charge in [-0.15, -0.1) is 22.7 Å². The zero-order valence-corrected chi connectivity index (χ0v) is 14.3. The summed E-state index contributed by atoms with van der Waals surface area (Å²) in [6.07, 6.45) is 7.02. The fraction of sp³-hybridized carbons (Fsp3) is 0.333. The fourth-order valence-electron chi connectivity index (χ4n) is 2.39. The normalized spacial score (nSPS) is 12.4. The molecule has 2 heterocycles. The first kappa shape index (κ1) is 15.3. The van der Waals surface area contributed by atoms with Crippen molar-refractivity contribution in [2.45, 2.75) is 40.5 Å². The van der Waals surface area contributed by atoms with Gasteiger partial charge in [-0.25, -0.2) is 0 Å². The van der Waals surface area contributed by atoms with E-state index in [1.807, 2.05) is 50.4 Å². The summed E-state index contributed by atoms with van der Waals surface area (Å²) in [6.45, 7) is 8.00. The minimum absolute atomic E-state index is 1.20. The van der Waals surface area contributed by atoms with Crippen LogP contribution in [0.4, 0.5) is 0 Å². The number of benzene rings is 1. The Balaban J connectivity index is 0.000000340. The molecular weight excluding hydrogens is 280 g/mol. The van der Waals surface area contributed by atoms with E-state index in [4.69, 9.17) is 0 Å². The number of allylic oxidation sites excluding steroid dienone is 1. The van der Waals surface area contributed by atoms with Gasteiger partial charge in [-0.3, -0.25) is 0 Å². The number of hydrogen-bond acceptors (Lipinski definition) is 2. The standard InChI is InChI=1S/C14H10S2.2C2H6/c1-3-7-11-9(5-1)13-14(15-11)10-6-2-4-8-12(10)16-13;2*1-2/h1,3-5,7-8H,2,6H2;2*1-2H3. The smallest absolute Gasteiger partial charge is 0.0538 e. The van der Waals surface area contributed by atoms with Gasteiger partial charge in [0.1, 0.15) is 0 Å². The van der Waals surface area contributed by atoms with E-state index in [9.17, 15) is 0 Å². The van der Waals surface area contributed by atoms with Crippen LogP contribution in [0.3, 0.4) is 0 Å². The Hall–Kier alpha value is -1.12. The number of rotatable bonds is 0. The fourth-order valence-corrected chi connectivity index (χ4v) is 5.17. The molecule has 4 rings (SSSR count). The van der Waals surface area contributed by atoms with Crippen molar-refractivity contribution in [3.63, 3.8) is 0 Å². The van der Waals surface area contributed by atoms with Crippen LogP contribution in [0.25, 0.3) is 25.6 Å². The quantitative estimate of drug-likeness (QED) is 0.414. The molecule has 0 nitrogen and oxygen atoms in total. The molecule has 0 saturated heterocycles. The second-order valence-corrected chi connectivity index (χ2v) is 6.25. The predicted octanol–water partition coefficient (Wildman–Crippen LogP) is 7.13. The average molecular weight is 303 g/mol. The zero-order chi connectivity index (χ0) is 14.5. The number of aryl methyl sites for hydroxylation is 1. The summed E-state index contributed by atoms with van der Waals surface area (Å²) in [7, 11) is 0. The van der Waals surface area contributed by atoms with Gasteiger partial charge in [-0.2, -0.15) is 0 Å². The lowest BCUT2D eigenvalue weighted by atomic mass is 10.1. The van der Waals surface area contributed by atoms with Crippen molar-refractivity contribution < 1.29 is 0 Å². The summed E-state index contributed by atoms with van der Waals surface area (Å²) in [5.41, 5.74) is 1.59. The molecule has 1 aliphatic carbocycles. The molecule has 20 heavy (non-hydrogen) atoms. The molecule has 1 aromatic carbocycles. The Morgan fingerprint density at radius 3 is 2.45 bits per heavy atom. The van der Waals surface area contributed by atoms with Crippen molar-refractivity contribution in [3.05, 3.63) is 40.8 Å². The topological polar surface area (TPSA) is 0 Å². The van der Waals surface area contributed by atoms with E-state index in [0.717, 1.165) is 0 Å². The van der Waals surface area contributed by atoms with Gasteiger partial charge in [0.25, 0.3) is 0 Å². The Labute approximate surface area is 129 Å². The number of hydrogen-bond donors (Lipinski definition) is 0. The van der Waals surface area contributed by atoms with Crippen LogP contribution in [0.5, 0.6) is 0 Å². The van der Waals surface area contributed by atoms with Crippen molar-refractivity contribution in [2.24, 2.45) is 0 Å². The molecule has 106 valence electrons. The summed E-state index contributed by atoms with van der Waals surface area (Å²) < 4.78 is 4.46. The molecule has 0 bridgehead atoms. The van der Waals surface area contributed by atoms with Gasteiger partial charge in [0.2, 0.25) is 0 Å². The van der Waals surface area contributed by atoms with Gasteiger partial charge in [-0.05, 0) is 30.5 Å². The maximum atomic E-state index is 2.30. The molecule has 3 aromatic rings. The van der Waals surface area contributed by atoms with Crippen molar-refractivity contribution in [2.75, 3.05) is 0 Å². The molecule has 0 aliphatic heterocycles. The van der Waals surface area contributed by atoms with E-state index in [0.29, 0.717) is 0 Å². The molecule has 0 radical (unpaired) electrons. The highest BCUT2D eigenvalue weighted by atomic mass is 32.1. The van der Waals surface area contributed by atoms with Crippen LogP contribution >= 0.6 is 22.7 Å². The van der Waals surface area contributed by atoms with Gasteiger partial charge in [0.05, 0.1) is 9.40 Å². The molecular formula is C18H22S2. The molecule has 0 unspecified atom stereocenters. The molecule has 2 aromatic heterocycles. The molecule has 0 spiro atoms. The third-order valence-electron chi connectivity index (χ3n) is 3.16. The van der Waals surface area contributed by atoms with Gasteiger partial charge >= 0.3 is 0 Å². The number of fused-ring (bicyclic) bond motifs is 5. The van der Waals surface area contributed by atoms with Crippen LogP contribution in [0.15, 0.2) is 30.3 Å². The third kappa shape index (κ3) is 2.55. The van der Waals surface area contributed by atoms with Gasteiger partial charge in [0.15, 0.2) is 0 Å². The van der Waals surface area contributed by atoms with Crippen LogP contribution in [0.1, 0.15) is 44.6 Å². The molecule has 0 amide bonds. The van der Waals surface area contributed by atoms with E-state index in [-0.39, 0.29) is 0 Å². The van der Waals surface area contributed by atoms with E-state index in [2.05, 4.69) is 36.4 Å². The summed E-state index contributed by atoms with van der Waals surface area (Å²) in [4.78, 5) is 1.48. The molecule has 0 saturated carbocycles.